The molecular weight excluding hydrogens is 204 g/mol. The number of hydrogen-bond donors (Lipinski definition) is 2. The molecule has 0 aliphatic heterocycles. The minimum absolute atomic E-state index is 0.104. The highest BCUT2D eigenvalue weighted by Gasteiger charge is 2.40. The fourth-order valence-corrected chi connectivity index (χ4v) is 2.62. The number of ether oxygens (including phenoxy) is 2. The molecule has 1 rings (SSSR count). The Bertz CT molecular complexity index is 176. The molecule has 1 fully saturated rings. The van der Waals surface area contributed by atoms with E-state index in [4.69, 9.17) is 15.3 Å². The maximum absolute atomic E-state index is 6.00. The Labute approximate surface area is 98.8 Å². The largest absolute Gasteiger partial charge is 0.380 e. The molecular formula is C12H26N2O2. The van der Waals surface area contributed by atoms with E-state index in [2.05, 4.69) is 5.43 Å². The van der Waals surface area contributed by atoms with E-state index in [1.165, 1.54) is 19.3 Å². The van der Waals surface area contributed by atoms with Crippen molar-refractivity contribution in [2.24, 2.45) is 5.84 Å². The van der Waals surface area contributed by atoms with Crippen LogP contribution < -0.4 is 11.3 Å². The fourth-order valence-electron chi connectivity index (χ4n) is 2.62. The summed E-state index contributed by atoms with van der Waals surface area (Å²) in [7, 11) is 0. The van der Waals surface area contributed by atoms with Crippen molar-refractivity contribution in [2.75, 3.05) is 19.8 Å². The zero-order chi connectivity index (χ0) is 11.9. The lowest BCUT2D eigenvalue weighted by Crippen LogP contribution is -2.58. The topological polar surface area (TPSA) is 56.5 Å². The Balaban J connectivity index is 2.63. The van der Waals surface area contributed by atoms with Gasteiger partial charge in [0.25, 0.3) is 0 Å². The Morgan fingerprint density at radius 3 is 2.38 bits per heavy atom. The third-order valence-corrected chi connectivity index (χ3v) is 3.46. The van der Waals surface area contributed by atoms with E-state index in [1.54, 1.807) is 0 Å². The molecule has 1 atom stereocenters. The maximum atomic E-state index is 6.00. The summed E-state index contributed by atoms with van der Waals surface area (Å²) in [4.78, 5) is 0. The SMILES string of the molecule is CCOCC(NN)C1(OCC)CCCCC1. The van der Waals surface area contributed by atoms with Crippen LogP contribution in [-0.4, -0.2) is 31.5 Å². The number of hydrogen-bond acceptors (Lipinski definition) is 4. The molecule has 4 heteroatoms. The maximum Gasteiger partial charge on any atom is 0.0870 e. The van der Waals surface area contributed by atoms with E-state index in [0.717, 1.165) is 26.1 Å². The van der Waals surface area contributed by atoms with Gasteiger partial charge in [0.05, 0.1) is 18.2 Å². The lowest BCUT2D eigenvalue weighted by atomic mass is 9.79. The van der Waals surface area contributed by atoms with Crippen molar-refractivity contribution >= 4 is 0 Å². The summed E-state index contributed by atoms with van der Waals surface area (Å²) in [5.74, 6) is 5.65. The number of nitrogens with two attached hydrogens (primary N) is 1. The van der Waals surface area contributed by atoms with E-state index in [9.17, 15) is 0 Å². The second kappa shape index (κ2) is 7.22. The van der Waals surface area contributed by atoms with Gasteiger partial charge in [-0.25, -0.2) is 0 Å². The van der Waals surface area contributed by atoms with Crippen molar-refractivity contribution in [2.45, 2.75) is 57.6 Å². The molecule has 0 saturated heterocycles. The molecule has 0 aromatic carbocycles. The summed E-state index contributed by atoms with van der Waals surface area (Å²) >= 11 is 0. The van der Waals surface area contributed by atoms with Crippen LogP contribution in [-0.2, 0) is 9.47 Å². The molecule has 0 spiro atoms. The van der Waals surface area contributed by atoms with Gasteiger partial charge in [-0.15, -0.1) is 0 Å². The Hall–Kier alpha value is -0.160. The number of nitrogens with one attached hydrogen (secondary N) is 1. The highest BCUT2D eigenvalue weighted by atomic mass is 16.5. The Morgan fingerprint density at radius 1 is 1.19 bits per heavy atom. The van der Waals surface area contributed by atoms with E-state index in [0.29, 0.717) is 6.61 Å². The average Bonchev–Trinajstić information content (AvgIpc) is 2.31. The first-order chi connectivity index (χ1) is 7.79. The minimum Gasteiger partial charge on any atom is -0.380 e. The lowest BCUT2D eigenvalue weighted by Gasteiger charge is -2.42. The predicted octanol–water partition coefficient (Wildman–Crippen LogP) is 1.59. The molecule has 0 aromatic rings. The average molecular weight is 230 g/mol. The quantitative estimate of drug-likeness (QED) is 0.515. The van der Waals surface area contributed by atoms with Gasteiger partial charge in [0, 0.05) is 13.2 Å². The van der Waals surface area contributed by atoms with Crippen LogP contribution in [0.3, 0.4) is 0 Å². The predicted molar refractivity (Wildman–Crippen MR) is 65.0 cm³/mol. The highest BCUT2D eigenvalue weighted by molar-refractivity contribution is 4.94. The Morgan fingerprint density at radius 2 is 1.88 bits per heavy atom. The van der Waals surface area contributed by atoms with Gasteiger partial charge in [-0.05, 0) is 26.7 Å². The monoisotopic (exact) mass is 230 g/mol. The van der Waals surface area contributed by atoms with Crippen LogP contribution in [0, 0.1) is 0 Å². The van der Waals surface area contributed by atoms with Crippen LogP contribution in [0.1, 0.15) is 46.0 Å². The fraction of sp³-hybridized carbons (Fsp3) is 1.00. The molecule has 3 N–H and O–H groups in total. The second-order valence-corrected chi connectivity index (χ2v) is 4.44. The van der Waals surface area contributed by atoms with Gasteiger partial charge in [-0.3, -0.25) is 11.3 Å². The zero-order valence-electron chi connectivity index (χ0n) is 10.6. The summed E-state index contributed by atoms with van der Waals surface area (Å²) in [6.07, 6.45) is 5.93. The van der Waals surface area contributed by atoms with Crippen molar-refractivity contribution in [1.29, 1.82) is 0 Å². The van der Waals surface area contributed by atoms with Gasteiger partial charge in [-0.1, -0.05) is 19.3 Å². The standard InChI is InChI=1S/C12H26N2O2/c1-3-15-10-11(14-13)12(16-4-2)8-6-5-7-9-12/h11,14H,3-10,13H2,1-2H3. The molecule has 1 aliphatic carbocycles. The molecule has 1 saturated carbocycles. The van der Waals surface area contributed by atoms with Crippen molar-refractivity contribution < 1.29 is 9.47 Å². The number of rotatable bonds is 7. The molecule has 4 nitrogen and oxygen atoms in total. The van der Waals surface area contributed by atoms with Crippen LogP contribution in [0.15, 0.2) is 0 Å². The van der Waals surface area contributed by atoms with E-state index >= 15 is 0 Å². The van der Waals surface area contributed by atoms with Gasteiger partial charge in [0.15, 0.2) is 0 Å². The first-order valence-corrected chi connectivity index (χ1v) is 6.47. The lowest BCUT2D eigenvalue weighted by molar-refractivity contribution is -0.105. The summed E-state index contributed by atoms with van der Waals surface area (Å²) in [6, 6.07) is 0.104. The molecule has 0 heterocycles. The first kappa shape index (κ1) is 13.9. The van der Waals surface area contributed by atoms with Gasteiger partial charge in [0.2, 0.25) is 0 Å². The summed E-state index contributed by atoms with van der Waals surface area (Å²) in [6.45, 7) is 6.14. The molecule has 1 aliphatic rings. The van der Waals surface area contributed by atoms with Gasteiger partial charge >= 0.3 is 0 Å². The van der Waals surface area contributed by atoms with Crippen LogP contribution in [0.4, 0.5) is 0 Å². The van der Waals surface area contributed by atoms with Crippen molar-refractivity contribution in [1.82, 2.24) is 5.43 Å². The molecule has 96 valence electrons. The summed E-state index contributed by atoms with van der Waals surface area (Å²) < 4.78 is 11.5. The highest BCUT2D eigenvalue weighted by Crippen LogP contribution is 2.34. The van der Waals surface area contributed by atoms with Crippen molar-refractivity contribution in [3.63, 3.8) is 0 Å². The molecule has 0 bridgehead atoms. The third kappa shape index (κ3) is 3.42. The smallest absolute Gasteiger partial charge is 0.0870 e. The molecule has 0 amide bonds. The van der Waals surface area contributed by atoms with Gasteiger partial charge in [-0.2, -0.15) is 0 Å². The van der Waals surface area contributed by atoms with Crippen molar-refractivity contribution in [3.05, 3.63) is 0 Å². The second-order valence-electron chi connectivity index (χ2n) is 4.44. The normalized spacial score (nSPS) is 21.9. The van der Waals surface area contributed by atoms with Crippen LogP contribution in [0.25, 0.3) is 0 Å². The van der Waals surface area contributed by atoms with Gasteiger partial charge < -0.3 is 9.47 Å². The minimum atomic E-state index is -0.114. The van der Waals surface area contributed by atoms with Crippen LogP contribution in [0.2, 0.25) is 0 Å². The number of hydrazine groups is 1. The first-order valence-electron chi connectivity index (χ1n) is 6.47. The molecule has 0 aromatic heterocycles. The molecule has 16 heavy (non-hydrogen) atoms. The zero-order valence-corrected chi connectivity index (χ0v) is 10.6. The summed E-state index contributed by atoms with van der Waals surface area (Å²) in [5.41, 5.74) is 2.77. The van der Waals surface area contributed by atoms with Crippen LogP contribution in [0.5, 0.6) is 0 Å². The Kier molecular flexibility index (Phi) is 6.28. The summed E-state index contributed by atoms with van der Waals surface area (Å²) in [5, 5.41) is 0. The van der Waals surface area contributed by atoms with Crippen molar-refractivity contribution in [3.8, 4) is 0 Å². The van der Waals surface area contributed by atoms with Gasteiger partial charge in [0.1, 0.15) is 0 Å². The van der Waals surface area contributed by atoms with Crippen LogP contribution >= 0.6 is 0 Å². The van der Waals surface area contributed by atoms with E-state index < -0.39 is 0 Å². The molecule has 1 unspecified atom stereocenters. The molecule has 0 radical (unpaired) electrons. The van der Waals surface area contributed by atoms with E-state index in [1.807, 2.05) is 13.8 Å². The third-order valence-electron chi connectivity index (χ3n) is 3.46. The van der Waals surface area contributed by atoms with E-state index in [-0.39, 0.29) is 11.6 Å².